The van der Waals surface area contributed by atoms with Crippen LogP contribution in [0.4, 0.5) is 8.78 Å². The lowest BCUT2D eigenvalue weighted by molar-refractivity contribution is -0.0502. The zero-order valence-corrected chi connectivity index (χ0v) is 9.65. The molecule has 0 N–H and O–H groups in total. The van der Waals surface area contributed by atoms with Crippen LogP contribution in [-0.2, 0) is 4.74 Å². The first-order valence-electron chi connectivity index (χ1n) is 5.19. The Bertz CT molecular complexity index is 378. The largest absolute Gasteiger partial charge is 0.434 e. The molecule has 17 heavy (non-hydrogen) atoms. The van der Waals surface area contributed by atoms with Crippen molar-refractivity contribution in [2.75, 3.05) is 6.61 Å². The van der Waals surface area contributed by atoms with Gasteiger partial charge in [-0.3, -0.25) is 4.79 Å². The molecule has 5 heteroatoms. The second-order valence-corrected chi connectivity index (χ2v) is 3.66. The number of ether oxygens (including phenoxy) is 2. The van der Waals surface area contributed by atoms with Gasteiger partial charge in [-0.2, -0.15) is 8.78 Å². The first kappa shape index (κ1) is 13.6. The van der Waals surface area contributed by atoms with Crippen LogP contribution in [0.2, 0.25) is 0 Å². The lowest BCUT2D eigenvalue weighted by Gasteiger charge is -2.11. The predicted octanol–water partition coefficient (Wildman–Crippen LogP) is 2.90. The Kier molecular flexibility index (Phi) is 5.03. The summed E-state index contributed by atoms with van der Waals surface area (Å²) in [6, 6.07) is 5.87. The monoisotopic (exact) mass is 244 g/mol. The molecule has 0 atom stereocenters. The first-order valence-corrected chi connectivity index (χ1v) is 5.19. The average Bonchev–Trinajstić information content (AvgIpc) is 2.25. The van der Waals surface area contributed by atoms with E-state index in [0.717, 1.165) is 0 Å². The van der Waals surface area contributed by atoms with Gasteiger partial charge >= 0.3 is 6.61 Å². The molecule has 0 amide bonds. The Morgan fingerprint density at radius 2 is 1.94 bits per heavy atom. The van der Waals surface area contributed by atoms with Crippen LogP contribution in [-0.4, -0.2) is 25.1 Å². The minimum absolute atomic E-state index is 0.0953. The molecule has 0 aromatic heterocycles. The molecule has 1 aromatic rings. The number of hydrogen-bond acceptors (Lipinski definition) is 3. The fourth-order valence-corrected chi connectivity index (χ4v) is 1.22. The molecule has 0 aliphatic rings. The summed E-state index contributed by atoms with van der Waals surface area (Å²) in [7, 11) is 0. The Morgan fingerprint density at radius 3 is 2.53 bits per heavy atom. The van der Waals surface area contributed by atoms with E-state index in [1.54, 1.807) is 19.9 Å². The number of Topliss-reactive ketones (excluding diaryl/α,β-unsaturated/α-hetero) is 1. The van der Waals surface area contributed by atoms with Gasteiger partial charge in [0.1, 0.15) is 12.4 Å². The van der Waals surface area contributed by atoms with Crippen molar-refractivity contribution in [1.82, 2.24) is 0 Å². The van der Waals surface area contributed by atoms with E-state index in [-0.39, 0.29) is 29.8 Å². The standard InChI is InChI=1S/C12H14F2O3/c1-8(2)16-7-10(15)9-5-3-4-6-11(9)17-12(13)14/h3-6,8,12H,7H2,1-2H3. The highest BCUT2D eigenvalue weighted by Crippen LogP contribution is 2.20. The molecule has 0 heterocycles. The van der Waals surface area contributed by atoms with Crippen LogP contribution in [0.3, 0.4) is 0 Å². The van der Waals surface area contributed by atoms with Gasteiger partial charge < -0.3 is 9.47 Å². The molecule has 0 aliphatic heterocycles. The number of ketones is 1. The van der Waals surface area contributed by atoms with Crippen molar-refractivity contribution in [3.63, 3.8) is 0 Å². The van der Waals surface area contributed by atoms with Crippen molar-refractivity contribution in [1.29, 1.82) is 0 Å². The number of alkyl halides is 2. The number of carbonyl (C=O) groups is 1. The fourth-order valence-electron chi connectivity index (χ4n) is 1.22. The van der Waals surface area contributed by atoms with Gasteiger partial charge in [-0.1, -0.05) is 12.1 Å². The maximum Gasteiger partial charge on any atom is 0.387 e. The maximum absolute atomic E-state index is 12.1. The molecule has 94 valence electrons. The molecule has 0 unspecified atom stereocenters. The molecule has 0 aliphatic carbocycles. The molecule has 3 nitrogen and oxygen atoms in total. The van der Waals surface area contributed by atoms with E-state index in [1.165, 1.54) is 18.2 Å². The van der Waals surface area contributed by atoms with E-state index >= 15 is 0 Å². The molecule has 0 spiro atoms. The zero-order chi connectivity index (χ0) is 12.8. The van der Waals surface area contributed by atoms with Gasteiger partial charge in [0.05, 0.1) is 11.7 Å². The second kappa shape index (κ2) is 6.30. The molecule has 1 rings (SSSR count). The number of hydrogen-bond donors (Lipinski definition) is 0. The number of rotatable bonds is 6. The highest BCUT2D eigenvalue weighted by atomic mass is 19.3. The fraction of sp³-hybridized carbons (Fsp3) is 0.417. The Balaban J connectivity index is 2.78. The van der Waals surface area contributed by atoms with E-state index in [9.17, 15) is 13.6 Å². The SMILES string of the molecule is CC(C)OCC(=O)c1ccccc1OC(F)F. The lowest BCUT2D eigenvalue weighted by Crippen LogP contribution is -2.15. The minimum atomic E-state index is -2.95. The highest BCUT2D eigenvalue weighted by molar-refractivity contribution is 5.99. The highest BCUT2D eigenvalue weighted by Gasteiger charge is 2.15. The van der Waals surface area contributed by atoms with Crippen LogP contribution in [0.5, 0.6) is 5.75 Å². The average molecular weight is 244 g/mol. The predicted molar refractivity (Wildman–Crippen MR) is 58.5 cm³/mol. The van der Waals surface area contributed by atoms with Gasteiger partial charge in [-0.05, 0) is 26.0 Å². The summed E-state index contributed by atoms with van der Waals surface area (Å²) in [5.74, 6) is -0.505. The summed E-state index contributed by atoms with van der Waals surface area (Å²) in [4.78, 5) is 11.7. The number of para-hydroxylation sites is 1. The van der Waals surface area contributed by atoms with Crippen LogP contribution in [0.15, 0.2) is 24.3 Å². The summed E-state index contributed by atoms with van der Waals surface area (Å²) in [6.07, 6.45) is -0.0953. The van der Waals surface area contributed by atoms with E-state index in [0.29, 0.717) is 0 Å². The Morgan fingerprint density at radius 1 is 1.29 bits per heavy atom. The van der Waals surface area contributed by atoms with Crippen LogP contribution in [0.25, 0.3) is 0 Å². The quantitative estimate of drug-likeness (QED) is 0.722. The van der Waals surface area contributed by atoms with Crippen LogP contribution >= 0.6 is 0 Å². The van der Waals surface area contributed by atoms with Gasteiger partial charge in [0.15, 0.2) is 5.78 Å². The first-order chi connectivity index (χ1) is 8.00. The van der Waals surface area contributed by atoms with Crippen molar-refractivity contribution < 1.29 is 23.0 Å². The van der Waals surface area contributed by atoms with E-state index < -0.39 is 6.61 Å². The Labute approximate surface area is 98.3 Å². The summed E-state index contributed by atoms with van der Waals surface area (Å²) >= 11 is 0. The maximum atomic E-state index is 12.1. The van der Waals surface area contributed by atoms with E-state index in [2.05, 4.69) is 4.74 Å². The molecule has 1 aromatic carbocycles. The van der Waals surface area contributed by atoms with Crippen LogP contribution in [0.1, 0.15) is 24.2 Å². The van der Waals surface area contributed by atoms with Gasteiger partial charge in [-0.15, -0.1) is 0 Å². The molecular formula is C12H14F2O3. The minimum Gasteiger partial charge on any atom is -0.434 e. The van der Waals surface area contributed by atoms with Crippen molar-refractivity contribution in [2.24, 2.45) is 0 Å². The third kappa shape index (κ3) is 4.48. The number of carbonyl (C=O) groups excluding carboxylic acids is 1. The van der Waals surface area contributed by atoms with Crippen LogP contribution in [0, 0.1) is 0 Å². The zero-order valence-electron chi connectivity index (χ0n) is 9.65. The molecule has 0 radical (unpaired) electrons. The summed E-state index contributed by atoms with van der Waals surface area (Å²) in [6.45, 7) is 0.472. The third-order valence-electron chi connectivity index (χ3n) is 1.95. The Hall–Kier alpha value is -1.49. The van der Waals surface area contributed by atoms with Gasteiger partial charge in [-0.25, -0.2) is 0 Å². The topological polar surface area (TPSA) is 35.5 Å². The van der Waals surface area contributed by atoms with Crippen LogP contribution < -0.4 is 4.74 Å². The molecular weight excluding hydrogens is 230 g/mol. The van der Waals surface area contributed by atoms with Gasteiger partial charge in [0.25, 0.3) is 0 Å². The summed E-state index contributed by atoms with van der Waals surface area (Å²) in [5, 5.41) is 0. The summed E-state index contributed by atoms with van der Waals surface area (Å²) < 4.78 is 33.6. The van der Waals surface area contributed by atoms with E-state index in [1.807, 2.05) is 0 Å². The summed E-state index contributed by atoms with van der Waals surface area (Å²) in [5.41, 5.74) is 0.105. The number of halogens is 2. The smallest absolute Gasteiger partial charge is 0.387 e. The normalized spacial score (nSPS) is 10.9. The molecule has 0 bridgehead atoms. The number of benzene rings is 1. The van der Waals surface area contributed by atoms with Crippen molar-refractivity contribution in [3.05, 3.63) is 29.8 Å². The van der Waals surface area contributed by atoms with E-state index in [4.69, 9.17) is 4.74 Å². The van der Waals surface area contributed by atoms with Crippen molar-refractivity contribution in [2.45, 2.75) is 26.6 Å². The molecule has 0 saturated heterocycles. The third-order valence-corrected chi connectivity index (χ3v) is 1.95. The van der Waals surface area contributed by atoms with Gasteiger partial charge in [0, 0.05) is 0 Å². The van der Waals surface area contributed by atoms with Crippen molar-refractivity contribution in [3.8, 4) is 5.75 Å². The second-order valence-electron chi connectivity index (χ2n) is 3.66. The molecule has 0 fully saturated rings. The van der Waals surface area contributed by atoms with Gasteiger partial charge in [0.2, 0.25) is 0 Å². The molecule has 0 saturated carbocycles. The lowest BCUT2D eigenvalue weighted by atomic mass is 10.1. The van der Waals surface area contributed by atoms with Crippen molar-refractivity contribution >= 4 is 5.78 Å².